The maximum atomic E-state index is 12.0. The summed E-state index contributed by atoms with van der Waals surface area (Å²) < 4.78 is 0. The van der Waals surface area contributed by atoms with Gasteiger partial charge in [-0.3, -0.25) is 4.79 Å². The minimum Gasteiger partial charge on any atom is -0.367 e. The average Bonchev–Trinajstić information content (AvgIpc) is 2.72. The van der Waals surface area contributed by atoms with Gasteiger partial charge >= 0.3 is 0 Å². The van der Waals surface area contributed by atoms with Gasteiger partial charge < -0.3 is 16.0 Å². The van der Waals surface area contributed by atoms with E-state index in [-0.39, 0.29) is 5.91 Å². The minimum absolute atomic E-state index is 0.192. The number of aryl methyl sites for hydroxylation is 1. The standard InChI is InChI=1S/C20H19N7O/c1-14-8-9-22-19(12-14)25-18-7-6-17(26-27-18)23-10-11-24-20(28)16-4-2-15(13-21)3-5-16/h2-9,12H,10-11H2,1H3,(H,23,26)(H,24,28)(H,22,25,27). The van der Waals surface area contributed by atoms with Gasteiger partial charge in [-0.2, -0.15) is 5.26 Å². The molecule has 0 atom stereocenters. The summed E-state index contributed by atoms with van der Waals surface area (Å²) in [5.74, 6) is 1.72. The topological polar surface area (TPSA) is 116 Å². The summed E-state index contributed by atoms with van der Waals surface area (Å²) in [6.07, 6.45) is 1.73. The van der Waals surface area contributed by atoms with Crippen LogP contribution in [-0.2, 0) is 0 Å². The van der Waals surface area contributed by atoms with Gasteiger partial charge in [-0.15, -0.1) is 10.2 Å². The van der Waals surface area contributed by atoms with Crippen LogP contribution in [0.25, 0.3) is 0 Å². The average molecular weight is 373 g/mol. The van der Waals surface area contributed by atoms with Crippen LogP contribution in [0.2, 0.25) is 0 Å². The number of hydrogen-bond acceptors (Lipinski definition) is 7. The number of amides is 1. The third kappa shape index (κ3) is 5.25. The largest absolute Gasteiger partial charge is 0.367 e. The van der Waals surface area contributed by atoms with Crippen molar-refractivity contribution in [3.05, 3.63) is 71.4 Å². The van der Waals surface area contributed by atoms with Crippen LogP contribution in [0.1, 0.15) is 21.5 Å². The Hall–Kier alpha value is -3.99. The quantitative estimate of drug-likeness (QED) is 0.545. The Labute approximate surface area is 162 Å². The number of benzene rings is 1. The fourth-order valence-corrected chi connectivity index (χ4v) is 2.39. The van der Waals surface area contributed by atoms with Crippen molar-refractivity contribution < 1.29 is 4.79 Å². The molecule has 2 heterocycles. The minimum atomic E-state index is -0.192. The molecule has 140 valence electrons. The van der Waals surface area contributed by atoms with Gasteiger partial charge in [0.15, 0.2) is 5.82 Å². The van der Waals surface area contributed by atoms with Gasteiger partial charge in [0.25, 0.3) is 5.91 Å². The molecule has 8 nitrogen and oxygen atoms in total. The Morgan fingerprint density at radius 1 is 1.00 bits per heavy atom. The zero-order valence-corrected chi connectivity index (χ0v) is 15.3. The van der Waals surface area contributed by atoms with Gasteiger partial charge in [0.05, 0.1) is 11.6 Å². The SMILES string of the molecule is Cc1ccnc(Nc2ccc(NCCNC(=O)c3ccc(C#N)cc3)nn2)c1. The number of nitriles is 1. The van der Waals surface area contributed by atoms with E-state index in [1.54, 1.807) is 42.6 Å². The number of carbonyl (C=O) groups excluding carboxylic acids is 1. The maximum Gasteiger partial charge on any atom is 0.251 e. The summed E-state index contributed by atoms with van der Waals surface area (Å²) >= 11 is 0. The van der Waals surface area contributed by atoms with E-state index in [2.05, 4.69) is 31.1 Å². The molecule has 1 amide bonds. The molecular weight excluding hydrogens is 354 g/mol. The van der Waals surface area contributed by atoms with Crippen molar-refractivity contribution in [2.45, 2.75) is 6.92 Å². The molecule has 3 rings (SSSR count). The monoisotopic (exact) mass is 373 g/mol. The molecule has 0 saturated carbocycles. The second kappa shape index (κ2) is 9.09. The molecule has 0 aliphatic rings. The predicted molar refractivity (Wildman–Crippen MR) is 106 cm³/mol. The summed E-state index contributed by atoms with van der Waals surface area (Å²) in [6, 6.07) is 15.9. The third-order valence-electron chi connectivity index (χ3n) is 3.83. The smallest absolute Gasteiger partial charge is 0.251 e. The van der Waals surface area contributed by atoms with Crippen LogP contribution in [0.5, 0.6) is 0 Å². The van der Waals surface area contributed by atoms with Crippen LogP contribution in [0.15, 0.2) is 54.7 Å². The molecule has 8 heteroatoms. The van der Waals surface area contributed by atoms with Crippen LogP contribution >= 0.6 is 0 Å². The molecule has 0 fully saturated rings. The van der Waals surface area contributed by atoms with E-state index in [1.807, 2.05) is 25.1 Å². The number of anilines is 3. The first-order valence-electron chi connectivity index (χ1n) is 8.70. The first-order valence-corrected chi connectivity index (χ1v) is 8.70. The Kier molecular flexibility index (Phi) is 6.10. The molecule has 0 aliphatic heterocycles. The van der Waals surface area contributed by atoms with Gasteiger partial charge in [-0.1, -0.05) is 0 Å². The van der Waals surface area contributed by atoms with Crippen LogP contribution in [0, 0.1) is 18.3 Å². The lowest BCUT2D eigenvalue weighted by Gasteiger charge is -2.08. The molecule has 0 radical (unpaired) electrons. The van der Waals surface area contributed by atoms with Gasteiger partial charge in [0.1, 0.15) is 11.6 Å². The fraction of sp³-hybridized carbons (Fsp3) is 0.150. The van der Waals surface area contributed by atoms with Crippen molar-refractivity contribution in [1.82, 2.24) is 20.5 Å². The highest BCUT2D eigenvalue weighted by Crippen LogP contribution is 2.13. The summed E-state index contributed by atoms with van der Waals surface area (Å²) in [6.45, 7) is 2.92. The first kappa shape index (κ1) is 18.8. The molecule has 1 aromatic carbocycles. The highest BCUT2D eigenvalue weighted by molar-refractivity contribution is 5.94. The van der Waals surface area contributed by atoms with Gasteiger partial charge in [-0.05, 0) is 61.0 Å². The van der Waals surface area contributed by atoms with Crippen LogP contribution in [0.3, 0.4) is 0 Å². The summed E-state index contributed by atoms with van der Waals surface area (Å²) in [4.78, 5) is 16.3. The number of aromatic nitrogens is 3. The lowest BCUT2D eigenvalue weighted by molar-refractivity contribution is 0.0955. The fourth-order valence-electron chi connectivity index (χ4n) is 2.39. The van der Waals surface area contributed by atoms with Gasteiger partial charge in [-0.25, -0.2) is 4.98 Å². The second-order valence-electron chi connectivity index (χ2n) is 6.02. The lowest BCUT2D eigenvalue weighted by atomic mass is 10.1. The van der Waals surface area contributed by atoms with Crippen molar-refractivity contribution in [2.75, 3.05) is 23.7 Å². The van der Waals surface area contributed by atoms with E-state index in [4.69, 9.17) is 5.26 Å². The predicted octanol–water partition coefficient (Wildman–Crippen LogP) is 2.64. The Morgan fingerprint density at radius 3 is 2.43 bits per heavy atom. The molecule has 0 spiro atoms. The lowest BCUT2D eigenvalue weighted by Crippen LogP contribution is -2.28. The van der Waals surface area contributed by atoms with Gasteiger partial charge in [0, 0.05) is 24.8 Å². The first-order chi connectivity index (χ1) is 13.6. The summed E-state index contributed by atoms with van der Waals surface area (Å²) in [5, 5.41) is 26.0. The van der Waals surface area contributed by atoms with Crippen molar-refractivity contribution in [1.29, 1.82) is 5.26 Å². The molecular formula is C20H19N7O. The van der Waals surface area contributed by atoms with E-state index in [1.165, 1.54) is 0 Å². The highest BCUT2D eigenvalue weighted by atomic mass is 16.1. The molecule has 0 bridgehead atoms. The zero-order chi connectivity index (χ0) is 19.8. The van der Waals surface area contributed by atoms with Crippen molar-refractivity contribution in [3.8, 4) is 6.07 Å². The number of nitrogens with zero attached hydrogens (tertiary/aromatic N) is 4. The van der Waals surface area contributed by atoms with E-state index >= 15 is 0 Å². The van der Waals surface area contributed by atoms with E-state index in [0.717, 1.165) is 5.56 Å². The number of carbonyl (C=O) groups is 1. The molecule has 3 N–H and O–H groups in total. The Morgan fingerprint density at radius 2 is 1.75 bits per heavy atom. The number of hydrogen-bond donors (Lipinski definition) is 3. The normalized spacial score (nSPS) is 10.0. The molecule has 28 heavy (non-hydrogen) atoms. The van der Waals surface area contributed by atoms with Gasteiger partial charge in [0.2, 0.25) is 0 Å². The van der Waals surface area contributed by atoms with Crippen molar-refractivity contribution in [2.24, 2.45) is 0 Å². The molecule has 0 aliphatic carbocycles. The second-order valence-corrected chi connectivity index (χ2v) is 6.02. The number of pyridine rings is 1. The molecule has 0 saturated heterocycles. The summed E-state index contributed by atoms with van der Waals surface area (Å²) in [5.41, 5.74) is 2.14. The molecule has 3 aromatic rings. The van der Waals surface area contributed by atoms with E-state index in [9.17, 15) is 4.79 Å². The zero-order valence-electron chi connectivity index (χ0n) is 15.3. The van der Waals surface area contributed by atoms with Crippen LogP contribution < -0.4 is 16.0 Å². The van der Waals surface area contributed by atoms with Crippen molar-refractivity contribution in [3.63, 3.8) is 0 Å². The Balaban J connectivity index is 1.43. The Bertz CT molecular complexity index is 979. The summed E-state index contributed by atoms with van der Waals surface area (Å²) in [7, 11) is 0. The number of rotatable bonds is 7. The highest BCUT2D eigenvalue weighted by Gasteiger charge is 2.05. The molecule has 0 unspecified atom stereocenters. The number of nitrogens with one attached hydrogen (secondary N) is 3. The van der Waals surface area contributed by atoms with Crippen LogP contribution in [0.4, 0.5) is 17.5 Å². The van der Waals surface area contributed by atoms with Crippen LogP contribution in [-0.4, -0.2) is 34.2 Å². The van der Waals surface area contributed by atoms with E-state index in [0.29, 0.717) is 41.7 Å². The molecule has 2 aromatic heterocycles. The van der Waals surface area contributed by atoms with Crippen molar-refractivity contribution >= 4 is 23.4 Å². The maximum absolute atomic E-state index is 12.0. The van der Waals surface area contributed by atoms with E-state index < -0.39 is 0 Å². The third-order valence-corrected chi connectivity index (χ3v) is 3.83.